The highest BCUT2D eigenvalue weighted by Crippen LogP contribution is 2.41. The lowest BCUT2D eigenvalue weighted by molar-refractivity contribution is -0.127. The molecule has 1 aliphatic carbocycles. The fraction of sp³-hybridized carbons (Fsp3) is 0.464. The SMILES string of the molecule is O=C(NC1CCCCC1)C1c2cc3c(cc2C(=O)N2CCCC2CN1C(=O)c1ccc(Cl)cc1)OCO3. The molecule has 0 bridgehead atoms. The van der Waals surface area contributed by atoms with E-state index in [0.717, 1.165) is 44.9 Å². The molecule has 1 saturated carbocycles. The van der Waals surface area contributed by atoms with E-state index in [4.69, 9.17) is 21.1 Å². The normalized spacial score (nSPS) is 23.2. The zero-order valence-electron chi connectivity index (χ0n) is 20.6. The second-order valence-electron chi connectivity index (χ2n) is 10.3. The molecule has 3 aliphatic heterocycles. The molecule has 2 atom stereocenters. The standard InChI is InChI=1S/C28H30ClN3O5/c29-18-10-8-17(9-11-18)27(34)32-15-20-7-4-12-31(20)28(35)22-14-24-23(36-16-37-24)13-21(22)25(32)26(33)30-19-5-2-1-3-6-19/h8-11,13-14,19-20,25H,1-7,12,15-16H2,(H,30,33). The van der Waals surface area contributed by atoms with Crippen molar-refractivity contribution in [2.45, 2.75) is 63.1 Å². The Morgan fingerprint density at radius 2 is 1.68 bits per heavy atom. The molecular weight excluding hydrogens is 494 g/mol. The van der Waals surface area contributed by atoms with Crippen LogP contribution in [0.2, 0.25) is 5.02 Å². The quantitative estimate of drug-likeness (QED) is 0.647. The van der Waals surface area contributed by atoms with E-state index in [1.165, 1.54) is 0 Å². The predicted octanol–water partition coefficient (Wildman–Crippen LogP) is 4.32. The van der Waals surface area contributed by atoms with Gasteiger partial charge in [-0.05, 0) is 62.1 Å². The molecule has 4 aliphatic rings. The molecule has 1 N–H and O–H groups in total. The Hall–Kier alpha value is -3.26. The third-order valence-electron chi connectivity index (χ3n) is 7.98. The number of hydrogen-bond acceptors (Lipinski definition) is 5. The molecule has 37 heavy (non-hydrogen) atoms. The van der Waals surface area contributed by atoms with E-state index in [1.54, 1.807) is 41.3 Å². The number of carbonyl (C=O) groups is 3. The Labute approximate surface area is 220 Å². The number of hydrogen-bond donors (Lipinski definition) is 1. The van der Waals surface area contributed by atoms with Gasteiger partial charge in [0.1, 0.15) is 6.04 Å². The molecule has 0 spiro atoms. The van der Waals surface area contributed by atoms with Gasteiger partial charge in [-0.1, -0.05) is 30.9 Å². The smallest absolute Gasteiger partial charge is 0.254 e. The lowest BCUT2D eigenvalue weighted by Gasteiger charge is -2.40. The molecule has 0 radical (unpaired) electrons. The number of fused-ring (bicyclic) bond motifs is 3. The summed E-state index contributed by atoms with van der Waals surface area (Å²) in [5.74, 6) is 0.272. The summed E-state index contributed by atoms with van der Waals surface area (Å²) in [7, 11) is 0. The van der Waals surface area contributed by atoms with Gasteiger partial charge in [-0.2, -0.15) is 0 Å². The second-order valence-corrected chi connectivity index (χ2v) is 10.7. The maximum absolute atomic E-state index is 14.1. The number of amides is 3. The van der Waals surface area contributed by atoms with Crippen LogP contribution in [0.3, 0.4) is 0 Å². The van der Waals surface area contributed by atoms with Gasteiger partial charge < -0.3 is 24.6 Å². The lowest BCUT2D eigenvalue weighted by Crippen LogP contribution is -2.53. The highest BCUT2D eigenvalue weighted by atomic mass is 35.5. The van der Waals surface area contributed by atoms with Crippen LogP contribution >= 0.6 is 11.6 Å². The van der Waals surface area contributed by atoms with Crippen molar-refractivity contribution in [3.63, 3.8) is 0 Å². The van der Waals surface area contributed by atoms with Gasteiger partial charge in [0.25, 0.3) is 11.8 Å². The van der Waals surface area contributed by atoms with E-state index in [-0.39, 0.29) is 43.1 Å². The van der Waals surface area contributed by atoms with Crippen molar-refractivity contribution in [3.05, 3.63) is 58.1 Å². The van der Waals surface area contributed by atoms with E-state index >= 15 is 0 Å². The molecule has 9 heteroatoms. The van der Waals surface area contributed by atoms with E-state index < -0.39 is 6.04 Å². The minimum atomic E-state index is -0.985. The Morgan fingerprint density at radius 1 is 0.946 bits per heavy atom. The zero-order valence-corrected chi connectivity index (χ0v) is 21.3. The van der Waals surface area contributed by atoms with Crippen LogP contribution < -0.4 is 14.8 Å². The maximum atomic E-state index is 14.1. The molecule has 8 nitrogen and oxygen atoms in total. The van der Waals surface area contributed by atoms with E-state index in [1.807, 2.05) is 4.90 Å². The summed E-state index contributed by atoms with van der Waals surface area (Å²) in [5.41, 5.74) is 1.29. The first-order chi connectivity index (χ1) is 18.0. The van der Waals surface area contributed by atoms with E-state index in [0.29, 0.717) is 39.8 Å². The van der Waals surface area contributed by atoms with Crippen LogP contribution in [-0.4, -0.2) is 59.5 Å². The zero-order chi connectivity index (χ0) is 25.5. The molecule has 2 unspecified atom stereocenters. The van der Waals surface area contributed by atoms with Crippen molar-refractivity contribution in [2.75, 3.05) is 19.9 Å². The highest BCUT2D eigenvalue weighted by molar-refractivity contribution is 6.30. The first-order valence-corrected chi connectivity index (χ1v) is 13.5. The van der Waals surface area contributed by atoms with Gasteiger partial charge in [0.15, 0.2) is 11.5 Å². The molecule has 2 fully saturated rings. The number of halogens is 1. The molecule has 2 aromatic rings. The summed E-state index contributed by atoms with van der Waals surface area (Å²) in [6.45, 7) is 0.925. The lowest BCUT2D eigenvalue weighted by atomic mass is 9.91. The van der Waals surface area contributed by atoms with Crippen LogP contribution in [0.4, 0.5) is 0 Å². The van der Waals surface area contributed by atoms with Gasteiger partial charge in [0.05, 0.1) is 0 Å². The molecule has 2 aromatic carbocycles. The third kappa shape index (κ3) is 4.52. The number of rotatable bonds is 3. The number of benzene rings is 2. The first-order valence-electron chi connectivity index (χ1n) is 13.1. The molecule has 1 saturated heterocycles. The van der Waals surface area contributed by atoms with Crippen LogP contribution in [0, 0.1) is 0 Å². The van der Waals surface area contributed by atoms with Crippen LogP contribution in [0.5, 0.6) is 11.5 Å². The number of nitrogens with zero attached hydrogens (tertiary/aromatic N) is 2. The number of carbonyl (C=O) groups excluding carboxylic acids is 3. The Bertz CT molecular complexity index is 1230. The van der Waals surface area contributed by atoms with Gasteiger partial charge in [0, 0.05) is 46.9 Å². The maximum Gasteiger partial charge on any atom is 0.254 e. The van der Waals surface area contributed by atoms with Crippen LogP contribution in [0.1, 0.15) is 77.3 Å². The Balaban J connectivity index is 1.48. The Morgan fingerprint density at radius 3 is 2.43 bits per heavy atom. The van der Waals surface area contributed by atoms with Crippen molar-refractivity contribution in [1.82, 2.24) is 15.1 Å². The second kappa shape index (κ2) is 9.89. The molecule has 0 aromatic heterocycles. The van der Waals surface area contributed by atoms with Crippen molar-refractivity contribution in [2.24, 2.45) is 0 Å². The van der Waals surface area contributed by atoms with Gasteiger partial charge >= 0.3 is 0 Å². The van der Waals surface area contributed by atoms with Crippen molar-refractivity contribution < 1.29 is 23.9 Å². The summed E-state index contributed by atoms with van der Waals surface area (Å²) < 4.78 is 11.2. The molecule has 3 amide bonds. The van der Waals surface area contributed by atoms with Crippen molar-refractivity contribution >= 4 is 29.3 Å². The van der Waals surface area contributed by atoms with Crippen molar-refractivity contribution in [3.8, 4) is 11.5 Å². The molecule has 6 rings (SSSR count). The average molecular weight is 524 g/mol. The monoisotopic (exact) mass is 523 g/mol. The Kier molecular flexibility index (Phi) is 6.44. The minimum Gasteiger partial charge on any atom is -0.454 e. The number of ether oxygens (including phenoxy) is 2. The van der Waals surface area contributed by atoms with Crippen molar-refractivity contribution in [1.29, 1.82) is 0 Å². The van der Waals surface area contributed by atoms with Crippen LogP contribution in [-0.2, 0) is 4.79 Å². The predicted molar refractivity (Wildman–Crippen MR) is 137 cm³/mol. The van der Waals surface area contributed by atoms with Gasteiger partial charge in [0.2, 0.25) is 12.7 Å². The average Bonchev–Trinajstić information content (AvgIpc) is 3.56. The fourth-order valence-corrected chi connectivity index (χ4v) is 6.21. The van der Waals surface area contributed by atoms with Crippen LogP contribution in [0.25, 0.3) is 0 Å². The summed E-state index contributed by atoms with van der Waals surface area (Å²) in [4.78, 5) is 45.4. The minimum absolute atomic E-state index is 0.0467. The number of nitrogens with one attached hydrogen (secondary N) is 1. The largest absolute Gasteiger partial charge is 0.454 e. The molecular formula is C28H30ClN3O5. The third-order valence-corrected chi connectivity index (χ3v) is 8.23. The van der Waals surface area contributed by atoms with E-state index in [9.17, 15) is 14.4 Å². The summed E-state index contributed by atoms with van der Waals surface area (Å²) in [6, 6.07) is 8.98. The fourth-order valence-electron chi connectivity index (χ4n) is 6.09. The molecule has 194 valence electrons. The first kappa shape index (κ1) is 24.1. The van der Waals surface area contributed by atoms with Gasteiger partial charge in [-0.15, -0.1) is 0 Å². The summed E-state index contributed by atoms with van der Waals surface area (Å²) in [5, 5.41) is 3.74. The van der Waals surface area contributed by atoms with E-state index in [2.05, 4.69) is 5.32 Å². The highest BCUT2D eigenvalue weighted by Gasteiger charge is 2.43. The van der Waals surface area contributed by atoms with Gasteiger partial charge in [-0.3, -0.25) is 14.4 Å². The van der Waals surface area contributed by atoms with Gasteiger partial charge in [-0.25, -0.2) is 0 Å². The van der Waals surface area contributed by atoms with Crippen LogP contribution in [0.15, 0.2) is 36.4 Å². The summed E-state index contributed by atoms with van der Waals surface area (Å²) in [6.07, 6.45) is 6.72. The topological polar surface area (TPSA) is 88.2 Å². The molecule has 3 heterocycles. The summed E-state index contributed by atoms with van der Waals surface area (Å²) >= 11 is 6.09.